The second kappa shape index (κ2) is 12.6. The zero-order valence-electron chi connectivity index (χ0n) is 23.3. The van der Waals surface area contributed by atoms with Gasteiger partial charge in [-0.25, -0.2) is 18.4 Å². The first-order chi connectivity index (χ1) is 19.9. The first-order valence-electron chi connectivity index (χ1n) is 12.6. The van der Waals surface area contributed by atoms with E-state index in [1.54, 1.807) is 30.3 Å². The third-order valence-electron chi connectivity index (χ3n) is 5.91. The predicted octanol–water partition coefficient (Wildman–Crippen LogP) is 5.33. The Kier molecular flexibility index (Phi) is 9.16. The summed E-state index contributed by atoms with van der Waals surface area (Å²) in [6.45, 7) is 5.51. The standard InChI is InChI=1S/C29H28ClN5O6S/c1-29(2,3)19-5-8-22(9-6-19)42(37,38)35-27-25(41-24-16-21(39-4)7-10-23(24)30)28(40-14-13-36)34-26(33-27)18-11-12-32-20(15-18)17-31/h5-12,15-16,36H,13-14H2,1-4H3,(H,33,34,35). The molecule has 2 N–H and O–H groups in total. The van der Waals surface area contributed by atoms with Gasteiger partial charge in [-0.15, -0.1) is 0 Å². The van der Waals surface area contributed by atoms with E-state index in [9.17, 15) is 18.8 Å². The number of nitrogens with one attached hydrogen (secondary N) is 1. The number of aliphatic hydroxyl groups is 1. The van der Waals surface area contributed by atoms with Gasteiger partial charge in [0.05, 0.1) is 23.6 Å². The Labute approximate surface area is 248 Å². The van der Waals surface area contributed by atoms with Crippen LogP contribution in [0.1, 0.15) is 32.0 Å². The summed E-state index contributed by atoms with van der Waals surface area (Å²) in [5.41, 5.74) is 1.23. The van der Waals surface area contributed by atoms with Crippen molar-refractivity contribution in [1.82, 2.24) is 15.0 Å². The van der Waals surface area contributed by atoms with Gasteiger partial charge in [-0.3, -0.25) is 4.72 Å². The molecular formula is C29H28ClN5O6S. The number of nitriles is 1. The molecule has 2 aromatic heterocycles. The van der Waals surface area contributed by atoms with Gasteiger partial charge in [0, 0.05) is 17.8 Å². The number of nitrogens with zero attached hydrogens (tertiary/aromatic N) is 4. The smallest absolute Gasteiger partial charge is 0.263 e. The molecule has 0 atom stereocenters. The van der Waals surface area contributed by atoms with E-state index in [-0.39, 0.29) is 63.3 Å². The predicted molar refractivity (Wildman–Crippen MR) is 157 cm³/mol. The van der Waals surface area contributed by atoms with E-state index in [0.29, 0.717) is 11.3 Å². The Balaban J connectivity index is 1.89. The summed E-state index contributed by atoms with van der Waals surface area (Å²) in [5, 5.41) is 19.0. The van der Waals surface area contributed by atoms with E-state index in [2.05, 4.69) is 19.7 Å². The number of methoxy groups -OCH3 is 1. The van der Waals surface area contributed by atoms with E-state index in [1.165, 1.54) is 37.6 Å². The number of hydrogen-bond acceptors (Lipinski definition) is 10. The lowest BCUT2D eigenvalue weighted by molar-refractivity contribution is 0.193. The maximum atomic E-state index is 13.6. The molecule has 11 nitrogen and oxygen atoms in total. The van der Waals surface area contributed by atoms with Crippen LogP contribution in [0.2, 0.25) is 5.02 Å². The molecule has 0 fully saturated rings. The maximum absolute atomic E-state index is 13.6. The van der Waals surface area contributed by atoms with Gasteiger partial charge in [0.2, 0.25) is 5.75 Å². The van der Waals surface area contributed by atoms with Crippen molar-refractivity contribution >= 4 is 27.4 Å². The largest absolute Gasteiger partial charge is 0.497 e. The summed E-state index contributed by atoms with van der Waals surface area (Å²) < 4.78 is 46.7. The van der Waals surface area contributed by atoms with Crippen molar-refractivity contribution in [1.29, 1.82) is 5.26 Å². The average molecular weight is 610 g/mol. The Hall–Kier alpha value is -4.44. The molecular weight excluding hydrogens is 582 g/mol. The van der Waals surface area contributed by atoms with Crippen LogP contribution in [0.5, 0.6) is 23.1 Å². The summed E-state index contributed by atoms with van der Waals surface area (Å²) in [6, 6.07) is 16.1. The molecule has 0 radical (unpaired) electrons. The summed E-state index contributed by atoms with van der Waals surface area (Å²) in [7, 11) is -2.74. The Morgan fingerprint density at radius 2 is 1.81 bits per heavy atom. The zero-order chi connectivity index (χ0) is 30.5. The number of halogens is 1. The van der Waals surface area contributed by atoms with E-state index < -0.39 is 10.0 Å². The fraction of sp³-hybridized carbons (Fsp3) is 0.241. The number of pyridine rings is 1. The molecule has 0 unspecified atom stereocenters. The third kappa shape index (κ3) is 7.06. The van der Waals surface area contributed by atoms with Crippen molar-refractivity contribution in [2.75, 3.05) is 25.0 Å². The Morgan fingerprint density at radius 3 is 2.45 bits per heavy atom. The molecule has 42 heavy (non-hydrogen) atoms. The van der Waals surface area contributed by atoms with Crippen LogP contribution >= 0.6 is 11.6 Å². The molecule has 0 aliphatic heterocycles. The normalized spacial score (nSPS) is 11.5. The van der Waals surface area contributed by atoms with Gasteiger partial charge < -0.3 is 19.3 Å². The first-order valence-corrected chi connectivity index (χ1v) is 14.5. The van der Waals surface area contributed by atoms with Crippen LogP contribution in [0.3, 0.4) is 0 Å². The fourth-order valence-electron chi connectivity index (χ4n) is 3.71. The van der Waals surface area contributed by atoms with Crippen LogP contribution in [-0.2, 0) is 15.4 Å². The summed E-state index contributed by atoms with van der Waals surface area (Å²) in [5.74, 6) is -0.150. The van der Waals surface area contributed by atoms with Gasteiger partial charge in [-0.05, 0) is 47.4 Å². The molecule has 218 valence electrons. The minimum absolute atomic E-state index is 0.00621. The van der Waals surface area contributed by atoms with Crippen molar-refractivity contribution in [3.63, 3.8) is 0 Å². The van der Waals surface area contributed by atoms with E-state index in [4.69, 9.17) is 25.8 Å². The first kappa shape index (κ1) is 30.5. The van der Waals surface area contributed by atoms with Gasteiger partial charge in [0.25, 0.3) is 15.9 Å². The van der Waals surface area contributed by atoms with Crippen LogP contribution in [0.4, 0.5) is 5.82 Å². The molecule has 0 saturated carbocycles. The van der Waals surface area contributed by atoms with Gasteiger partial charge in [0.1, 0.15) is 29.9 Å². The number of sulfonamides is 1. The lowest BCUT2D eigenvalue weighted by Gasteiger charge is -2.20. The number of aliphatic hydroxyl groups excluding tert-OH is 1. The molecule has 4 rings (SSSR count). The van der Waals surface area contributed by atoms with Crippen LogP contribution in [0.15, 0.2) is 65.7 Å². The highest BCUT2D eigenvalue weighted by atomic mass is 35.5. The molecule has 0 saturated heterocycles. The van der Waals surface area contributed by atoms with Crippen LogP contribution < -0.4 is 18.9 Å². The quantitative estimate of drug-likeness (QED) is 0.241. The van der Waals surface area contributed by atoms with E-state index in [1.807, 2.05) is 26.8 Å². The highest BCUT2D eigenvalue weighted by Gasteiger charge is 2.26. The summed E-state index contributed by atoms with van der Waals surface area (Å²) >= 11 is 6.37. The fourth-order valence-corrected chi connectivity index (χ4v) is 4.87. The maximum Gasteiger partial charge on any atom is 0.263 e. The minimum Gasteiger partial charge on any atom is -0.497 e. The van der Waals surface area contributed by atoms with Gasteiger partial charge in [-0.1, -0.05) is 44.5 Å². The molecule has 0 amide bonds. The number of rotatable bonds is 10. The highest BCUT2D eigenvalue weighted by molar-refractivity contribution is 7.92. The van der Waals surface area contributed by atoms with Crippen molar-refractivity contribution < 1.29 is 27.7 Å². The Bertz CT molecular complexity index is 1740. The summed E-state index contributed by atoms with van der Waals surface area (Å²) in [6.07, 6.45) is 1.40. The lowest BCUT2D eigenvalue weighted by atomic mass is 9.87. The van der Waals surface area contributed by atoms with Gasteiger partial charge in [0.15, 0.2) is 11.6 Å². The van der Waals surface area contributed by atoms with E-state index >= 15 is 0 Å². The van der Waals surface area contributed by atoms with Crippen molar-refractivity contribution in [2.24, 2.45) is 0 Å². The lowest BCUT2D eigenvalue weighted by Crippen LogP contribution is -2.17. The second-order valence-corrected chi connectivity index (χ2v) is 12.0. The number of ether oxygens (including phenoxy) is 3. The summed E-state index contributed by atoms with van der Waals surface area (Å²) in [4.78, 5) is 12.8. The molecule has 2 heterocycles. The number of hydrogen-bond donors (Lipinski definition) is 2. The number of benzene rings is 2. The number of anilines is 1. The highest BCUT2D eigenvalue weighted by Crippen LogP contribution is 2.42. The van der Waals surface area contributed by atoms with Crippen LogP contribution in [0.25, 0.3) is 11.4 Å². The topological polar surface area (TPSA) is 157 Å². The third-order valence-corrected chi connectivity index (χ3v) is 7.58. The molecule has 0 spiro atoms. The number of aromatic nitrogens is 3. The average Bonchev–Trinajstić information content (AvgIpc) is 2.97. The Morgan fingerprint density at radius 1 is 1.07 bits per heavy atom. The monoisotopic (exact) mass is 609 g/mol. The van der Waals surface area contributed by atoms with Crippen molar-refractivity contribution in [2.45, 2.75) is 31.1 Å². The molecule has 4 aromatic rings. The molecule has 13 heteroatoms. The molecule has 0 aliphatic rings. The van der Waals surface area contributed by atoms with Gasteiger partial charge >= 0.3 is 0 Å². The molecule has 0 aliphatic carbocycles. The van der Waals surface area contributed by atoms with Crippen molar-refractivity contribution in [3.05, 3.63) is 77.1 Å². The van der Waals surface area contributed by atoms with Crippen molar-refractivity contribution in [3.8, 4) is 40.6 Å². The zero-order valence-corrected chi connectivity index (χ0v) is 24.8. The second-order valence-electron chi connectivity index (χ2n) is 9.92. The molecule has 0 bridgehead atoms. The van der Waals surface area contributed by atoms with E-state index in [0.717, 1.165) is 5.56 Å². The SMILES string of the molecule is COc1ccc(Cl)c(Oc2c(NS(=O)(=O)c3ccc(C(C)(C)C)cc3)nc(-c3ccnc(C#N)c3)nc2OCCO)c1. The van der Waals surface area contributed by atoms with Gasteiger partial charge in [-0.2, -0.15) is 10.2 Å². The van der Waals surface area contributed by atoms with Crippen LogP contribution in [0, 0.1) is 11.3 Å². The minimum atomic E-state index is -4.21. The van der Waals surface area contributed by atoms with Crippen LogP contribution in [-0.4, -0.2) is 48.8 Å². The molecule has 2 aromatic carbocycles.